The van der Waals surface area contributed by atoms with Crippen LogP contribution < -0.4 is 5.32 Å². The third-order valence-electron chi connectivity index (χ3n) is 1.57. The van der Waals surface area contributed by atoms with E-state index in [9.17, 15) is 4.39 Å². The monoisotopic (exact) mass is 177 g/mol. The highest BCUT2D eigenvalue weighted by molar-refractivity contribution is 5.21. The van der Waals surface area contributed by atoms with Gasteiger partial charge in [-0.25, -0.2) is 4.39 Å². The van der Waals surface area contributed by atoms with E-state index in [4.69, 9.17) is 0 Å². The summed E-state index contributed by atoms with van der Waals surface area (Å²) in [7, 11) is 1.84. The molecule has 0 unspecified atom stereocenters. The first kappa shape index (κ1) is 9.76. The topological polar surface area (TPSA) is 12.0 Å². The van der Waals surface area contributed by atoms with E-state index in [1.165, 1.54) is 12.1 Å². The molecular weight excluding hydrogens is 165 g/mol. The van der Waals surface area contributed by atoms with Gasteiger partial charge in [-0.1, -0.05) is 24.0 Å². The molecule has 0 aromatic heterocycles. The van der Waals surface area contributed by atoms with Crippen molar-refractivity contribution < 1.29 is 4.39 Å². The van der Waals surface area contributed by atoms with Crippen LogP contribution in [0.25, 0.3) is 0 Å². The van der Waals surface area contributed by atoms with E-state index in [1.54, 1.807) is 6.07 Å². The van der Waals surface area contributed by atoms with Crippen LogP contribution in [0.5, 0.6) is 0 Å². The predicted octanol–water partition coefficient (Wildman–Crippen LogP) is 1.59. The van der Waals surface area contributed by atoms with Gasteiger partial charge in [0.2, 0.25) is 0 Å². The molecule has 1 aromatic rings. The van der Waals surface area contributed by atoms with Gasteiger partial charge in [0.05, 0.1) is 6.54 Å². The van der Waals surface area contributed by atoms with Crippen LogP contribution in [0.4, 0.5) is 4.39 Å². The fourth-order valence-electron chi connectivity index (χ4n) is 0.962. The fraction of sp³-hybridized carbons (Fsp3) is 0.273. The van der Waals surface area contributed by atoms with Gasteiger partial charge < -0.3 is 5.32 Å². The molecule has 0 spiro atoms. The summed E-state index contributed by atoms with van der Waals surface area (Å²) in [5.41, 5.74) is 0.920. The van der Waals surface area contributed by atoms with Crippen LogP contribution in [-0.4, -0.2) is 13.6 Å². The Kier molecular flexibility index (Phi) is 4.01. The molecule has 13 heavy (non-hydrogen) atoms. The van der Waals surface area contributed by atoms with Gasteiger partial charge >= 0.3 is 0 Å². The van der Waals surface area contributed by atoms with Gasteiger partial charge in [-0.2, -0.15) is 0 Å². The Morgan fingerprint density at radius 3 is 2.92 bits per heavy atom. The zero-order valence-corrected chi connectivity index (χ0v) is 7.60. The van der Waals surface area contributed by atoms with Crippen LogP contribution in [0.3, 0.4) is 0 Å². The van der Waals surface area contributed by atoms with E-state index >= 15 is 0 Å². The summed E-state index contributed by atoms with van der Waals surface area (Å²) in [4.78, 5) is 0. The van der Waals surface area contributed by atoms with Crippen molar-refractivity contribution in [2.24, 2.45) is 0 Å². The van der Waals surface area contributed by atoms with Crippen molar-refractivity contribution in [2.45, 2.75) is 6.42 Å². The second kappa shape index (κ2) is 5.34. The zero-order valence-electron chi connectivity index (χ0n) is 7.60. The molecule has 0 saturated carbocycles. The number of nitrogens with one attached hydrogen (secondary N) is 1. The van der Waals surface area contributed by atoms with Gasteiger partial charge in [0.1, 0.15) is 5.82 Å². The largest absolute Gasteiger partial charge is 0.309 e. The second-order valence-corrected chi connectivity index (χ2v) is 2.69. The number of rotatable bonds is 2. The first-order chi connectivity index (χ1) is 6.33. The van der Waals surface area contributed by atoms with Crippen molar-refractivity contribution >= 4 is 0 Å². The van der Waals surface area contributed by atoms with Crippen LogP contribution in [0.2, 0.25) is 0 Å². The SMILES string of the molecule is CNCC#CCc1cccc(F)c1. The van der Waals surface area contributed by atoms with Gasteiger partial charge in [-0.15, -0.1) is 0 Å². The van der Waals surface area contributed by atoms with E-state index in [2.05, 4.69) is 17.2 Å². The summed E-state index contributed by atoms with van der Waals surface area (Å²) < 4.78 is 12.7. The molecule has 1 nitrogen and oxygen atoms in total. The van der Waals surface area contributed by atoms with Crippen molar-refractivity contribution in [3.05, 3.63) is 35.6 Å². The molecule has 68 valence electrons. The first-order valence-corrected chi connectivity index (χ1v) is 4.17. The van der Waals surface area contributed by atoms with E-state index in [-0.39, 0.29) is 5.82 Å². The quantitative estimate of drug-likeness (QED) is 0.676. The molecule has 0 heterocycles. The molecule has 0 aliphatic carbocycles. The smallest absolute Gasteiger partial charge is 0.123 e. The molecular formula is C11H12FN. The minimum Gasteiger partial charge on any atom is -0.309 e. The lowest BCUT2D eigenvalue weighted by molar-refractivity contribution is 0.626. The maximum absolute atomic E-state index is 12.7. The minimum absolute atomic E-state index is 0.201. The van der Waals surface area contributed by atoms with Gasteiger partial charge in [0.15, 0.2) is 0 Å². The van der Waals surface area contributed by atoms with Crippen molar-refractivity contribution in [1.82, 2.24) is 5.32 Å². The lowest BCUT2D eigenvalue weighted by Gasteiger charge is -1.93. The maximum Gasteiger partial charge on any atom is 0.123 e. The minimum atomic E-state index is -0.201. The number of halogens is 1. The second-order valence-electron chi connectivity index (χ2n) is 2.69. The van der Waals surface area contributed by atoms with Crippen LogP contribution in [-0.2, 0) is 6.42 Å². The molecule has 1 aromatic carbocycles. The molecule has 2 heteroatoms. The lowest BCUT2D eigenvalue weighted by Crippen LogP contribution is -2.04. The normalized spacial score (nSPS) is 9.08. The molecule has 0 aliphatic heterocycles. The summed E-state index contributed by atoms with van der Waals surface area (Å²) in [5.74, 6) is 5.67. The Morgan fingerprint density at radius 2 is 2.23 bits per heavy atom. The van der Waals surface area contributed by atoms with Gasteiger partial charge in [-0.05, 0) is 24.7 Å². The van der Waals surface area contributed by atoms with E-state index in [0.717, 1.165) is 5.56 Å². The van der Waals surface area contributed by atoms with Crippen molar-refractivity contribution in [3.63, 3.8) is 0 Å². The first-order valence-electron chi connectivity index (χ1n) is 4.17. The molecule has 0 amide bonds. The molecule has 0 radical (unpaired) electrons. The Balaban J connectivity index is 2.51. The lowest BCUT2D eigenvalue weighted by atomic mass is 10.1. The summed E-state index contributed by atoms with van der Waals surface area (Å²) in [6.45, 7) is 0.676. The highest BCUT2D eigenvalue weighted by atomic mass is 19.1. The van der Waals surface area contributed by atoms with E-state index < -0.39 is 0 Å². The van der Waals surface area contributed by atoms with Gasteiger partial charge in [-0.3, -0.25) is 0 Å². The molecule has 0 bridgehead atoms. The third kappa shape index (κ3) is 3.73. The van der Waals surface area contributed by atoms with Gasteiger partial charge in [0.25, 0.3) is 0 Å². The molecule has 1 rings (SSSR count). The summed E-state index contributed by atoms with van der Waals surface area (Å²) >= 11 is 0. The molecule has 0 aliphatic rings. The average Bonchev–Trinajstić information content (AvgIpc) is 2.13. The van der Waals surface area contributed by atoms with Crippen LogP contribution in [0, 0.1) is 17.7 Å². The highest BCUT2D eigenvalue weighted by Crippen LogP contribution is 2.02. The molecule has 1 N–H and O–H groups in total. The molecule has 0 atom stereocenters. The fourth-order valence-corrected chi connectivity index (χ4v) is 0.962. The Bertz CT molecular complexity index is 322. The van der Waals surface area contributed by atoms with E-state index in [0.29, 0.717) is 13.0 Å². The standard InChI is InChI=1S/C11H12FN/c1-13-8-3-2-5-10-6-4-7-11(12)9-10/h4,6-7,9,13H,5,8H2,1H3. The number of hydrogen-bond donors (Lipinski definition) is 1. The highest BCUT2D eigenvalue weighted by Gasteiger charge is 1.91. The third-order valence-corrected chi connectivity index (χ3v) is 1.57. The molecule has 0 fully saturated rings. The Morgan fingerprint density at radius 1 is 1.38 bits per heavy atom. The van der Waals surface area contributed by atoms with Crippen molar-refractivity contribution in [2.75, 3.05) is 13.6 Å². The van der Waals surface area contributed by atoms with E-state index in [1.807, 2.05) is 13.1 Å². The summed E-state index contributed by atoms with van der Waals surface area (Å²) in [6.07, 6.45) is 0.611. The zero-order chi connectivity index (χ0) is 9.52. The number of benzene rings is 1. The average molecular weight is 177 g/mol. The maximum atomic E-state index is 12.7. The summed E-state index contributed by atoms with van der Waals surface area (Å²) in [6, 6.07) is 6.51. The predicted molar refractivity (Wildman–Crippen MR) is 51.8 cm³/mol. The van der Waals surface area contributed by atoms with Crippen molar-refractivity contribution in [3.8, 4) is 11.8 Å². The molecule has 0 saturated heterocycles. The van der Waals surface area contributed by atoms with Crippen LogP contribution in [0.1, 0.15) is 5.56 Å². The van der Waals surface area contributed by atoms with Crippen LogP contribution in [0.15, 0.2) is 24.3 Å². The van der Waals surface area contributed by atoms with Gasteiger partial charge in [0, 0.05) is 6.42 Å². The van der Waals surface area contributed by atoms with Crippen LogP contribution >= 0.6 is 0 Å². The number of hydrogen-bond acceptors (Lipinski definition) is 1. The Hall–Kier alpha value is -1.33. The summed E-state index contributed by atoms with van der Waals surface area (Å²) in [5, 5.41) is 2.92. The Labute approximate surface area is 78.0 Å². The van der Waals surface area contributed by atoms with Crippen molar-refractivity contribution in [1.29, 1.82) is 0 Å².